The number of nitrogens with zero attached hydrogens (tertiary/aromatic N) is 5. The van der Waals surface area contributed by atoms with Crippen LogP contribution in [0.4, 0.5) is 4.79 Å². The predicted octanol–water partition coefficient (Wildman–Crippen LogP) is 4.94. The lowest BCUT2D eigenvalue weighted by molar-refractivity contribution is -0.155. The van der Waals surface area contributed by atoms with E-state index in [0.29, 0.717) is 22.0 Å². The molecule has 1 fully saturated rings. The third kappa shape index (κ3) is 8.15. The first kappa shape index (κ1) is 36.6. The highest BCUT2D eigenvalue weighted by atomic mass is 32.2. The number of aryl methyl sites for hydroxylation is 1. The molecule has 13 nitrogen and oxygen atoms in total. The highest BCUT2D eigenvalue weighted by Gasteiger charge is 2.56. The minimum Gasteiger partial charge on any atom is -0.448 e. The van der Waals surface area contributed by atoms with E-state index in [1.54, 1.807) is 58.2 Å². The van der Waals surface area contributed by atoms with Crippen molar-refractivity contribution in [3.05, 3.63) is 119 Å². The molecule has 0 bridgehead atoms. The molecule has 0 saturated carbocycles. The van der Waals surface area contributed by atoms with E-state index in [0.717, 1.165) is 11.1 Å². The van der Waals surface area contributed by atoms with Crippen LogP contribution in [0.2, 0.25) is 0 Å². The zero-order valence-electron chi connectivity index (χ0n) is 29.3. The van der Waals surface area contributed by atoms with Gasteiger partial charge < -0.3 is 20.1 Å². The SMILES string of the molecule is C[C@H]1S[C@H]2C(NC(=O)C(NC(=O)OC(C)(C)C)c3ccccc3)C(=O)N2C(C(=O)OC(c2ccccc2)c2ccccc2)=C1CSc1nnnn1C. The molecule has 0 spiro atoms. The molecule has 4 atom stereocenters. The fourth-order valence-corrected chi connectivity index (χ4v) is 8.41. The summed E-state index contributed by atoms with van der Waals surface area (Å²) in [7, 11) is 1.72. The van der Waals surface area contributed by atoms with Crippen molar-refractivity contribution in [2.45, 2.75) is 67.3 Å². The number of hydrogen-bond acceptors (Lipinski definition) is 11. The van der Waals surface area contributed by atoms with Crippen molar-refractivity contribution in [3.63, 3.8) is 0 Å². The van der Waals surface area contributed by atoms with E-state index in [1.165, 1.54) is 33.1 Å². The Morgan fingerprint density at radius 3 is 2.04 bits per heavy atom. The Balaban J connectivity index is 1.29. The maximum atomic E-state index is 14.4. The number of fused-ring (bicyclic) bond motifs is 1. The molecule has 3 aromatic carbocycles. The van der Waals surface area contributed by atoms with E-state index in [1.807, 2.05) is 67.6 Å². The van der Waals surface area contributed by atoms with Crippen molar-refractivity contribution in [3.8, 4) is 0 Å². The molecule has 2 aliphatic heterocycles. The van der Waals surface area contributed by atoms with Gasteiger partial charge in [-0.15, -0.1) is 16.9 Å². The van der Waals surface area contributed by atoms with Gasteiger partial charge in [0.2, 0.25) is 11.1 Å². The van der Waals surface area contributed by atoms with Gasteiger partial charge >= 0.3 is 12.1 Å². The maximum Gasteiger partial charge on any atom is 0.408 e. The molecule has 0 radical (unpaired) electrons. The van der Waals surface area contributed by atoms with Gasteiger partial charge in [0.25, 0.3) is 5.91 Å². The van der Waals surface area contributed by atoms with Crippen LogP contribution < -0.4 is 10.6 Å². The zero-order chi connectivity index (χ0) is 37.0. The number of benzene rings is 3. The molecule has 1 saturated heterocycles. The molecule has 3 amide bonds. The topological polar surface area (TPSA) is 158 Å². The highest BCUT2D eigenvalue weighted by molar-refractivity contribution is 8.01. The minimum atomic E-state index is -1.15. The van der Waals surface area contributed by atoms with Crippen molar-refractivity contribution >= 4 is 47.4 Å². The van der Waals surface area contributed by atoms with Gasteiger partial charge in [-0.2, -0.15) is 0 Å². The van der Waals surface area contributed by atoms with E-state index in [9.17, 15) is 19.2 Å². The van der Waals surface area contributed by atoms with Gasteiger partial charge in [0, 0.05) is 18.1 Å². The maximum absolute atomic E-state index is 14.4. The number of nitrogens with one attached hydrogen (secondary N) is 2. The number of tetrazole rings is 1. The van der Waals surface area contributed by atoms with E-state index in [-0.39, 0.29) is 10.9 Å². The number of ether oxygens (including phenoxy) is 2. The van der Waals surface area contributed by atoms with Gasteiger partial charge in [-0.25, -0.2) is 14.3 Å². The smallest absolute Gasteiger partial charge is 0.408 e. The Hall–Kier alpha value is -5.15. The second-order valence-corrected chi connectivity index (χ2v) is 15.6. The number of carbonyl (C=O) groups excluding carboxylic acids is 4. The standard InChI is InChI=1S/C37H39N7O6S2/c1-22-26(21-51-35-40-41-42-43(35)5)29(34(47)49-30(24-17-11-7-12-18-24)25-19-13-8-14-20-25)44-32(46)28(33(44)52-22)38-31(45)27(23-15-9-6-10-16-23)39-36(48)50-37(2,3)4/h6-20,22,27-28,30,33H,21H2,1-5H3,(H,38,45)(H,39,48)/t22-,27?,28?,33+/m1/s1. The van der Waals surface area contributed by atoms with Gasteiger partial charge in [-0.3, -0.25) is 14.5 Å². The molecule has 270 valence electrons. The van der Waals surface area contributed by atoms with E-state index in [2.05, 4.69) is 26.2 Å². The van der Waals surface area contributed by atoms with Crippen molar-refractivity contribution in [2.75, 3.05) is 5.75 Å². The summed E-state index contributed by atoms with van der Waals surface area (Å²) in [5.74, 6) is -1.45. The molecule has 2 unspecified atom stereocenters. The number of alkyl carbamates (subject to hydrolysis) is 1. The van der Waals surface area contributed by atoms with Crippen molar-refractivity contribution in [1.29, 1.82) is 0 Å². The van der Waals surface area contributed by atoms with Crippen LogP contribution in [0.5, 0.6) is 0 Å². The number of esters is 1. The van der Waals surface area contributed by atoms with Crippen LogP contribution in [0.1, 0.15) is 56.5 Å². The highest BCUT2D eigenvalue weighted by Crippen LogP contribution is 2.46. The number of β-lactam (4-membered cyclic amide) rings is 1. The Bertz CT molecular complexity index is 1910. The molecule has 52 heavy (non-hydrogen) atoms. The molecule has 15 heteroatoms. The molecule has 1 aromatic heterocycles. The molecular weight excluding hydrogens is 703 g/mol. The quantitative estimate of drug-likeness (QED) is 0.122. The summed E-state index contributed by atoms with van der Waals surface area (Å²) < 4.78 is 13.3. The van der Waals surface area contributed by atoms with Crippen LogP contribution in [0.25, 0.3) is 0 Å². The van der Waals surface area contributed by atoms with Crippen molar-refractivity contribution < 1.29 is 28.7 Å². The van der Waals surface area contributed by atoms with E-state index >= 15 is 0 Å². The molecule has 3 heterocycles. The molecule has 4 aromatic rings. The fourth-order valence-electron chi connectivity index (χ4n) is 5.87. The first-order chi connectivity index (χ1) is 24.9. The van der Waals surface area contributed by atoms with Gasteiger partial charge in [0.1, 0.15) is 28.8 Å². The molecule has 2 N–H and O–H groups in total. The van der Waals surface area contributed by atoms with E-state index in [4.69, 9.17) is 9.47 Å². The van der Waals surface area contributed by atoms with E-state index < -0.39 is 53.0 Å². The number of aromatic nitrogens is 4. The van der Waals surface area contributed by atoms with Gasteiger partial charge in [0.15, 0.2) is 6.10 Å². The van der Waals surface area contributed by atoms with Crippen molar-refractivity contribution in [2.24, 2.45) is 7.05 Å². The van der Waals surface area contributed by atoms with Crippen LogP contribution >= 0.6 is 23.5 Å². The average molecular weight is 742 g/mol. The number of hydrogen-bond donors (Lipinski definition) is 2. The normalized spacial score (nSPS) is 19.0. The largest absolute Gasteiger partial charge is 0.448 e. The van der Waals surface area contributed by atoms with Crippen molar-refractivity contribution in [1.82, 2.24) is 35.7 Å². The summed E-state index contributed by atoms with van der Waals surface area (Å²) in [6.45, 7) is 7.12. The summed E-state index contributed by atoms with van der Waals surface area (Å²) in [5, 5.41) is 16.8. The number of amides is 3. The number of carbonyl (C=O) groups is 4. The number of rotatable bonds is 11. The van der Waals surface area contributed by atoms with Gasteiger partial charge in [-0.05, 0) is 60.4 Å². The molecular formula is C37H39N7O6S2. The summed E-state index contributed by atoms with van der Waals surface area (Å²) in [4.78, 5) is 56.6. The molecule has 2 aliphatic rings. The second kappa shape index (κ2) is 15.6. The zero-order valence-corrected chi connectivity index (χ0v) is 30.9. The lowest BCUT2D eigenvalue weighted by atomic mass is 9.99. The first-order valence-electron chi connectivity index (χ1n) is 16.6. The van der Waals surface area contributed by atoms with Crippen LogP contribution in [-0.2, 0) is 30.9 Å². The molecule has 0 aliphatic carbocycles. The lowest BCUT2D eigenvalue weighted by Crippen LogP contribution is -2.71. The third-order valence-corrected chi connectivity index (χ3v) is 10.9. The fraction of sp³-hybridized carbons (Fsp3) is 0.324. The Kier molecular flexibility index (Phi) is 11.0. The second-order valence-electron chi connectivity index (χ2n) is 13.2. The first-order valence-corrected chi connectivity index (χ1v) is 18.6. The van der Waals surface area contributed by atoms with Crippen LogP contribution in [0, 0.1) is 0 Å². The van der Waals surface area contributed by atoms with Crippen LogP contribution in [0.3, 0.4) is 0 Å². The predicted molar refractivity (Wildman–Crippen MR) is 196 cm³/mol. The van der Waals surface area contributed by atoms with Gasteiger partial charge in [-0.1, -0.05) is 103 Å². The summed E-state index contributed by atoms with van der Waals surface area (Å²) >= 11 is 2.78. The Morgan fingerprint density at radius 1 is 0.923 bits per heavy atom. The molecule has 6 rings (SSSR count). The Morgan fingerprint density at radius 2 is 1.50 bits per heavy atom. The summed E-state index contributed by atoms with van der Waals surface area (Å²) in [5.41, 5.74) is 2.04. The average Bonchev–Trinajstić information content (AvgIpc) is 3.55. The monoisotopic (exact) mass is 741 g/mol. The number of thioether (sulfide) groups is 2. The third-order valence-electron chi connectivity index (χ3n) is 8.34. The Labute approximate surface area is 309 Å². The minimum absolute atomic E-state index is 0.123. The lowest BCUT2D eigenvalue weighted by Gasteiger charge is -2.51. The summed E-state index contributed by atoms with van der Waals surface area (Å²) in [6, 6.07) is 25.4. The van der Waals surface area contributed by atoms with Crippen LogP contribution in [0.15, 0.2) is 107 Å². The van der Waals surface area contributed by atoms with Crippen LogP contribution in [-0.4, -0.2) is 77.0 Å². The summed E-state index contributed by atoms with van der Waals surface area (Å²) in [6.07, 6.45) is -1.53. The van der Waals surface area contributed by atoms with Gasteiger partial charge in [0.05, 0.1) is 0 Å².